The second kappa shape index (κ2) is 12.9. The summed E-state index contributed by atoms with van der Waals surface area (Å²) in [4.78, 5) is 26.1. The number of rotatable bonds is 11. The molecule has 0 aliphatic heterocycles. The molecule has 0 bridgehead atoms. The quantitative estimate of drug-likeness (QED) is 0.180. The van der Waals surface area contributed by atoms with Crippen molar-refractivity contribution in [1.29, 1.82) is 0 Å². The molecule has 37 heavy (non-hydrogen) atoms. The van der Waals surface area contributed by atoms with Gasteiger partial charge in [-0.3, -0.25) is 4.79 Å². The molecule has 0 spiro atoms. The topological polar surface area (TPSA) is 102 Å². The van der Waals surface area contributed by atoms with Crippen LogP contribution in [0.4, 0.5) is 5.69 Å². The number of esters is 1. The van der Waals surface area contributed by atoms with Gasteiger partial charge in [0.15, 0.2) is 0 Å². The van der Waals surface area contributed by atoms with E-state index in [1.54, 1.807) is 30.3 Å². The zero-order chi connectivity index (χ0) is 26.8. The third-order valence-corrected chi connectivity index (χ3v) is 6.07. The molecule has 0 fully saturated rings. The number of phenolic OH excluding ortho intramolecular Hbond substituents is 1. The van der Waals surface area contributed by atoms with Crippen LogP contribution in [0, 0.1) is 0 Å². The molecule has 196 valence electrons. The molecular weight excluding hydrogens is 464 g/mol. The highest BCUT2D eigenvalue weighted by molar-refractivity contribution is 5.97. The lowest BCUT2D eigenvalue weighted by Gasteiger charge is -2.25. The van der Waals surface area contributed by atoms with E-state index in [-0.39, 0.29) is 11.7 Å². The van der Waals surface area contributed by atoms with Gasteiger partial charge in [0.05, 0.1) is 0 Å². The lowest BCUT2D eigenvalue weighted by molar-refractivity contribution is -0.157. The molecule has 3 aromatic rings. The molecule has 0 aliphatic rings. The maximum absolute atomic E-state index is 13.2. The fourth-order valence-corrected chi connectivity index (χ4v) is 4.09. The molecule has 4 N–H and O–H groups in total. The van der Waals surface area contributed by atoms with Crippen molar-refractivity contribution in [3.63, 3.8) is 0 Å². The molecule has 3 aromatic carbocycles. The number of hydrogen-bond donors (Lipinski definition) is 3. The van der Waals surface area contributed by atoms with E-state index in [1.165, 1.54) is 5.56 Å². The number of carbonyl (C=O) groups is 2. The van der Waals surface area contributed by atoms with E-state index in [1.807, 2.05) is 51.1 Å². The van der Waals surface area contributed by atoms with Gasteiger partial charge in [-0.1, -0.05) is 48.9 Å². The molecule has 0 aliphatic carbocycles. The lowest BCUT2D eigenvalue weighted by atomic mass is 10.00. The molecule has 0 saturated heterocycles. The Hall–Kier alpha value is -3.80. The Morgan fingerprint density at radius 3 is 2.24 bits per heavy atom. The number of phenols is 1. The minimum atomic E-state index is -0.736. The van der Waals surface area contributed by atoms with Crippen molar-refractivity contribution in [2.75, 3.05) is 5.73 Å². The van der Waals surface area contributed by atoms with Crippen molar-refractivity contribution in [2.45, 2.75) is 70.9 Å². The highest BCUT2D eigenvalue weighted by Gasteiger charge is 2.27. The molecule has 0 saturated carbocycles. The predicted octanol–water partition coefficient (Wildman–Crippen LogP) is 5.61. The van der Waals surface area contributed by atoms with Crippen molar-refractivity contribution in [3.05, 3.63) is 95.1 Å². The summed E-state index contributed by atoms with van der Waals surface area (Å²) in [6, 6.07) is 21.7. The van der Waals surface area contributed by atoms with Crippen LogP contribution >= 0.6 is 0 Å². The zero-order valence-corrected chi connectivity index (χ0v) is 22.0. The Morgan fingerprint density at radius 1 is 0.892 bits per heavy atom. The Labute approximate surface area is 219 Å². The van der Waals surface area contributed by atoms with Crippen molar-refractivity contribution in [1.82, 2.24) is 5.32 Å². The largest absolute Gasteiger partial charge is 0.508 e. The number of anilines is 1. The second-order valence-corrected chi connectivity index (χ2v) is 10.4. The second-order valence-electron chi connectivity index (χ2n) is 10.4. The number of hydrogen-bond acceptors (Lipinski definition) is 5. The van der Waals surface area contributed by atoms with Crippen LogP contribution in [-0.2, 0) is 28.8 Å². The van der Waals surface area contributed by atoms with Gasteiger partial charge in [0.25, 0.3) is 5.91 Å². The van der Waals surface area contributed by atoms with E-state index in [9.17, 15) is 14.7 Å². The first kappa shape index (κ1) is 27.8. The van der Waals surface area contributed by atoms with Crippen LogP contribution in [0.5, 0.6) is 5.75 Å². The first-order valence-corrected chi connectivity index (χ1v) is 12.8. The molecule has 1 amide bonds. The number of ether oxygens (including phenoxy) is 1. The van der Waals surface area contributed by atoms with E-state index in [4.69, 9.17) is 10.5 Å². The summed E-state index contributed by atoms with van der Waals surface area (Å²) in [5, 5.41) is 12.4. The van der Waals surface area contributed by atoms with Crippen LogP contribution in [0.2, 0.25) is 0 Å². The van der Waals surface area contributed by atoms with Crippen LogP contribution in [-0.4, -0.2) is 28.6 Å². The SMILES string of the molecule is CC(C)(C)OC(=O)[C@H](CCCCc1ccccc1)NC(=O)c1ccc(N)c(CCc2ccc(O)cc2)c1. The maximum Gasteiger partial charge on any atom is 0.329 e. The summed E-state index contributed by atoms with van der Waals surface area (Å²) in [6.07, 6.45) is 4.46. The van der Waals surface area contributed by atoms with Crippen molar-refractivity contribution < 1.29 is 19.4 Å². The highest BCUT2D eigenvalue weighted by atomic mass is 16.6. The highest BCUT2D eigenvalue weighted by Crippen LogP contribution is 2.19. The molecule has 0 aromatic heterocycles. The van der Waals surface area contributed by atoms with E-state index < -0.39 is 17.6 Å². The fourth-order valence-electron chi connectivity index (χ4n) is 4.09. The van der Waals surface area contributed by atoms with Crippen LogP contribution in [0.15, 0.2) is 72.8 Å². The molecule has 3 rings (SSSR count). The number of aryl methyl sites for hydroxylation is 3. The summed E-state index contributed by atoms with van der Waals surface area (Å²) in [5.41, 5.74) is 9.77. The molecule has 1 atom stereocenters. The molecule has 6 nitrogen and oxygen atoms in total. The first-order chi connectivity index (χ1) is 17.6. The van der Waals surface area contributed by atoms with Crippen molar-refractivity contribution in [2.24, 2.45) is 0 Å². The lowest BCUT2D eigenvalue weighted by Crippen LogP contribution is -2.44. The number of benzene rings is 3. The summed E-state index contributed by atoms with van der Waals surface area (Å²) < 4.78 is 5.60. The number of carbonyl (C=O) groups excluding carboxylic acids is 2. The Balaban J connectivity index is 1.65. The number of amides is 1. The normalized spacial score (nSPS) is 12.1. The van der Waals surface area contributed by atoms with Gasteiger partial charge in [0.1, 0.15) is 17.4 Å². The average molecular weight is 503 g/mol. The van der Waals surface area contributed by atoms with Crippen LogP contribution in [0.3, 0.4) is 0 Å². The third kappa shape index (κ3) is 9.30. The van der Waals surface area contributed by atoms with Gasteiger partial charge in [-0.2, -0.15) is 0 Å². The van der Waals surface area contributed by atoms with Gasteiger partial charge < -0.3 is 20.9 Å². The monoisotopic (exact) mass is 502 g/mol. The van der Waals surface area contributed by atoms with Gasteiger partial charge in [-0.25, -0.2) is 4.79 Å². The van der Waals surface area contributed by atoms with E-state index >= 15 is 0 Å². The van der Waals surface area contributed by atoms with E-state index in [2.05, 4.69) is 17.4 Å². The molecule has 0 unspecified atom stereocenters. The number of nitrogens with one attached hydrogen (secondary N) is 1. The van der Waals surface area contributed by atoms with Gasteiger partial charge in [0, 0.05) is 11.3 Å². The third-order valence-electron chi connectivity index (χ3n) is 6.07. The minimum absolute atomic E-state index is 0.224. The van der Waals surface area contributed by atoms with E-state index in [0.29, 0.717) is 24.1 Å². The standard InChI is InChI=1S/C31H38N2O4/c1-31(2,3)37-30(36)28(12-8-7-11-22-9-5-4-6-10-22)33-29(35)25-17-20-27(32)24(21-25)16-13-23-14-18-26(34)19-15-23/h4-6,9-10,14-15,17-21,28,34H,7-8,11-13,16,32H2,1-3H3,(H,33,35)/t28-/m0/s1. The average Bonchev–Trinajstić information content (AvgIpc) is 2.85. The Bertz CT molecular complexity index is 1170. The number of nitrogens with two attached hydrogens (primary N) is 1. The van der Waals surface area contributed by atoms with Crippen LogP contribution < -0.4 is 11.1 Å². The van der Waals surface area contributed by atoms with Gasteiger partial charge >= 0.3 is 5.97 Å². The molecular formula is C31H38N2O4. The van der Waals surface area contributed by atoms with Crippen molar-refractivity contribution >= 4 is 17.6 Å². The van der Waals surface area contributed by atoms with Gasteiger partial charge in [-0.05, 0) is 99.9 Å². The zero-order valence-electron chi connectivity index (χ0n) is 22.0. The summed E-state index contributed by atoms with van der Waals surface area (Å²) in [7, 11) is 0. The summed E-state index contributed by atoms with van der Waals surface area (Å²) >= 11 is 0. The van der Waals surface area contributed by atoms with Crippen molar-refractivity contribution in [3.8, 4) is 5.75 Å². The fraction of sp³-hybridized carbons (Fsp3) is 0.355. The van der Waals surface area contributed by atoms with Gasteiger partial charge in [-0.15, -0.1) is 0 Å². The van der Waals surface area contributed by atoms with E-state index in [0.717, 1.165) is 36.8 Å². The predicted molar refractivity (Wildman–Crippen MR) is 147 cm³/mol. The molecule has 0 radical (unpaired) electrons. The summed E-state index contributed by atoms with van der Waals surface area (Å²) in [5.74, 6) is -0.532. The summed E-state index contributed by atoms with van der Waals surface area (Å²) in [6.45, 7) is 5.46. The number of aromatic hydroxyl groups is 1. The smallest absolute Gasteiger partial charge is 0.329 e. The van der Waals surface area contributed by atoms with Crippen LogP contribution in [0.1, 0.15) is 67.1 Å². The minimum Gasteiger partial charge on any atom is -0.508 e. The Kier molecular flexibility index (Phi) is 9.72. The molecule has 6 heteroatoms. The number of nitrogen functional groups attached to an aromatic ring is 1. The maximum atomic E-state index is 13.2. The molecule has 0 heterocycles. The van der Waals surface area contributed by atoms with Crippen LogP contribution in [0.25, 0.3) is 0 Å². The Morgan fingerprint density at radius 2 is 1.57 bits per heavy atom. The first-order valence-electron chi connectivity index (χ1n) is 12.8. The number of unbranched alkanes of at least 4 members (excludes halogenated alkanes) is 1. The van der Waals surface area contributed by atoms with Gasteiger partial charge in [0.2, 0.25) is 0 Å².